The lowest BCUT2D eigenvalue weighted by molar-refractivity contribution is -0.119. The van der Waals surface area contributed by atoms with Crippen LogP contribution < -0.4 is 21.3 Å². The normalized spacial score (nSPS) is 9.80. The van der Waals surface area contributed by atoms with Crippen molar-refractivity contribution in [3.8, 4) is 0 Å². The summed E-state index contributed by atoms with van der Waals surface area (Å²) in [5.41, 5.74) is 1.39. The molecule has 130 valence electrons. The molecule has 2 rings (SSSR count). The third-order valence-corrected chi connectivity index (χ3v) is 3.35. The van der Waals surface area contributed by atoms with Crippen molar-refractivity contribution in [1.82, 2.24) is 10.6 Å². The van der Waals surface area contributed by atoms with Crippen LogP contribution >= 0.6 is 24.4 Å². The molecule has 1 heterocycles. The lowest BCUT2D eigenvalue weighted by atomic mass is 10.3. The zero-order valence-electron chi connectivity index (χ0n) is 13.3. The molecule has 0 saturated heterocycles. The van der Waals surface area contributed by atoms with Gasteiger partial charge in [-0.3, -0.25) is 14.9 Å². The fourth-order valence-corrected chi connectivity index (χ4v) is 2.19. The van der Waals surface area contributed by atoms with E-state index in [4.69, 9.17) is 28.9 Å². The first-order chi connectivity index (χ1) is 12.0. The largest absolute Gasteiger partial charge is 0.459 e. The van der Waals surface area contributed by atoms with E-state index >= 15 is 0 Å². The summed E-state index contributed by atoms with van der Waals surface area (Å²) in [6, 6.07) is 10.2. The van der Waals surface area contributed by atoms with Crippen LogP contribution in [0.15, 0.2) is 47.1 Å². The number of amides is 2. The Balaban J connectivity index is 1.85. The van der Waals surface area contributed by atoms with Gasteiger partial charge in [0.15, 0.2) is 16.0 Å². The Bertz CT molecular complexity index is 773. The SMILES string of the molecule is CCC(=O)NC(=S)Nc1ccc(NC(=S)NC(=O)c2ccco2)cc1. The van der Waals surface area contributed by atoms with E-state index in [9.17, 15) is 9.59 Å². The number of benzene rings is 1. The molecule has 0 saturated carbocycles. The molecular weight excluding hydrogens is 360 g/mol. The summed E-state index contributed by atoms with van der Waals surface area (Å²) >= 11 is 10.1. The van der Waals surface area contributed by atoms with Crippen LogP contribution in [-0.2, 0) is 4.79 Å². The van der Waals surface area contributed by atoms with E-state index in [2.05, 4.69) is 21.3 Å². The van der Waals surface area contributed by atoms with E-state index in [1.165, 1.54) is 6.26 Å². The molecule has 0 spiro atoms. The Morgan fingerprint density at radius 2 is 1.52 bits per heavy atom. The van der Waals surface area contributed by atoms with Crippen LogP contribution in [0.2, 0.25) is 0 Å². The predicted molar refractivity (Wildman–Crippen MR) is 103 cm³/mol. The standard InChI is InChI=1S/C16H16N4O3S2/c1-2-13(21)19-15(24)17-10-5-7-11(8-6-10)18-16(25)20-14(22)12-4-3-9-23-12/h3-9H,2H2,1H3,(H2,17,19,21,24)(H2,18,20,22,25). The number of furan rings is 1. The minimum absolute atomic E-state index is 0.146. The lowest BCUT2D eigenvalue weighted by Gasteiger charge is -2.11. The molecule has 25 heavy (non-hydrogen) atoms. The first-order valence-corrected chi connectivity index (χ1v) is 8.16. The monoisotopic (exact) mass is 376 g/mol. The molecule has 0 unspecified atom stereocenters. The van der Waals surface area contributed by atoms with Crippen molar-refractivity contribution in [3.63, 3.8) is 0 Å². The summed E-state index contributed by atoms with van der Waals surface area (Å²) in [6.45, 7) is 1.74. The fourth-order valence-electron chi connectivity index (χ4n) is 1.75. The number of rotatable bonds is 4. The Hall–Kier alpha value is -2.78. The Morgan fingerprint density at radius 3 is 2.00 bits per heavy atom. The Kier molecular flexibility index (Phi) is 6.61. The zero-order valence-corrected chi connectivity index (χ0v) is 14.9. The zero-order chi connectivity index (χ0) is 18.2. The van der Waals surface area contributed by atoms with Gasteiger partial charge in [0.25, 0.3) is 5.91 Å². The first kappa shape index (κ1) is 18.6. The van der Waals surface area contributed by atoms with Crippen LogP contribution in [0.1, 0.15) is 23.9 Å². The highest BCUT2D eigenvalue weighted by atomic mass is 32.1. The van der Waals surface area contributed by atoms with Crippen LogP contribution in [0.4, 0.5) is 11.4 Å². The number of hydrogen-bond donors (Lipinski definition) is 4. The summed E-state index contributed by atoms with van der Waals surface area (Å²) in [6.07, 6.45) is 1.76. The van der Waals surface area contributed by atoms with Crippen LogP contribution in [0.3, 0.4) is 0 Å². The van der Waals surface area contributed by atoms with Gasteiger partial charge in [-0.25, -0.2) is 0 Å². The summed E-state index contributed by atoms with van der Waals surface area (Å²) < 4.78 is 4.98. The van der Waals surface area contributed by atoms with Gasteiger partial charge in [0.1, 0.15) is 0 Å². The molecule has 1 aromatic carbocycles. The molecule has 2 aromatic rings. The molecule has 2 amide bonds. The van der Waals surface area contributed by atoms with E-state index in [1.807, 2.05) is 0 Å². The second kappa shape index (κ2) is 8.90. The fraction of sp³-hybridized carbons (Fsp3) is 0.125. The van der Waals surface area contributed by atoms with Crippen molar-refractivity contribution in [3.05, 3.63) is 48.4 Å². The van der Waals surface area contributed by atoms with Gasteiger partial charge in [-0.15, -0.1) is 0 Å². The minimum atomic E-state index is -0.433. The van der Waals surface area contributed by atoms with Crippen molar-refractivity contribution >= 4 is 57.8 Å². The van der Waals surface area contributed by atoms with Gasteiger partial charge in [0.05, 0.1) is 6.26 Å². The molecule has 4 N–H and O–H groups in total. The van der Waals surface area contributed by atoms with Crippen LogP contribution in [0.5, 0.6) is 0 Å². The summed E-state index contributed by atoms with van der Waals surface area (Å²) in [5, 5.41) is 11.2. The van der Waals surface area contributed by atoms with Crippen molar-refractivity contribution < 1.29 is 14.0 Å². The van der Waals surface area contributed by atoms with Crippen LogP contribution in [0, 0.1) is 0 Å². The van der Waals surface area contributed by atoms with Gasteiger partial charge in [-0.05, 0) is 60.8 Å². The van der Waals surface area contributed by atoms with E-state index in [1.54, 1.807) is 43.3 Å². The number of thiocarbonyl (C=S) groups is 2. The second-order valence-electron chi connectivity index (χ2n) is 4.82. The lowest BCUT2D eigenvalue weighted by Crippen LogP contribution is -2.34. The molecule has 0 aliphatic carbocycles. The maximum Gasteiger partial charge on any atom is 0.293 e. The van der Waals surface area contributed by atoms with Crippen molar-refractivity contribution in [2.24, 2.45) is 0 Å². The Morgan fingerprint density at radius 1 is 0.960 bits per heavy atom. The van der Waals surface area contributed by atoms with E-state index in [-0.39, 0.29) is 21.9 Å². The van der Waals surface area contributed by atoms with Gasteiger partial charge in [0.2, 0.25) is 5.91 Å². The third-order valence-electron chi connectivity index (χ3n) is 2.95. The highest BCUT2D eigenvalue weighted by molar-refractivity contribution is 7.80. The Labute approximate surface area is 155 Å². The van der Waals surface area contributed by atoms with Crippen molar-refractivity contribution in [1.29, 1.82) is 0 Å². The van der Waals surface area contributed by atoms with Gasteiger partial charge < -0.3 is 20.4 Å². The second-order valence-corrected chi connectivity index (χ2v) is 5.64. The van der Waals surface area contributed by atoms with Gasteiger partial charge in [0, 0.05) is 17.8 Å². The smallest absolute Gasteiger partial charge is 0.293 e. The number of anilines is 2. The third kappa shape index (κ3) is 5.98. The predicted octanol–water partition coefficient (Wildman–Crippen LogP) is 2.63. The molecule has 1 aromatic heterocycles. The molecule has 0 radical (unpaired) electrons. The quantitative estimate of drug-likeness (QED) is 0.609. The molecule has 7 nitrogen and oxygen atoms in total. The molecule has 0 aliphatic heterocycles. The van der Waals surface area contributed by atoms with Gasteiger partial charge >= 0.3 is 0 Å². The van der Waals surface area contributed by atoms with Gasteiger partial charge in [-0.2, -0.15) is 0 Å². The molecule has 0 fully saturated rings. The summed E-state index contributed by atoms with van der Waals surface area (Å²) in [7, 11) is 0. The van der Waals surface area contributed by atoms with E-state index in [0.29, 0.717) is 17.8 Å². The molecule has 9 heteroatoms. The highest BCUT2D eigenvalue weighted by Crippen LogP contribution is 2.13. The average molecular weight is 376 g/mol. The molecule has 0 atom stereocenters. The topological polar surface area (TPSA) is 95.4 Å². The van der Waals surface area contributed by atoms with E-state index < -0.39 is 5.91 Å². The summed E-state index contributed by atoms with van der Waals surface area (Å²) in [4.78, 5) is 23.1. The number of carbonyl (C=O) groups excluding carboxylic acids is 2. The summed E-state index contributed by atoms with van der Waals surface area (Å²) in [5.74, 6) is -0.419. The van der Waals surface area contributed by atoms with E-state index in [0.717, 1.165) is 0 Å². The average Bonchev–Trinajstić information content (AvgIpc) is 3.11. The minimum Gasteiger partial charge on any atom is -0.459 e. The van der Waals surface area contributed by atoms with Crippen LogP contribution in [0.25, 0.3) is 0 Å². The van der Waals surface area contributed by atoms with Crippen LogP contribution in [-0.4, -0.2) is 22.0 Å². The number of carbonyl (C=O) groups is 2. The maximum absolute atomic E-state index is 11.8. The molecule has 0 aliphatic rings. The molecule has 0 bridgehead atoms. The van der Waals surface area contributed by atoms with Crippen molar-refractivity contribution in [2.75, 3.05) is 10.6 Å². The number of nitrogens with one attached hydrogen (secondary N) is 4. The number of hydrogen-bond acceptors (Lipinski definition) is 5. The molecular formula is C16H16N4O3S2. The van der Waals surface area contributed by atoms with Gasteiger partial charge in [-0.1, -0.05) is 6.92 Å². The highest BCUT2D eigenvalue weighted by Gasteiger charge is 2.10. The first-order valence-electron chi connectivity index (χ1n) is 7.34. The van der Waals surface area contributed by atoms with Crippen molar-refractivity contribution in [2.45, 2.75) is 13.3 Å². The maximum atomic E-state index is 11.8.